The SMILES string of the molecule is COc1cccc(Br)c1CS(=O)(=O)Cl. The third-order valence-electron chi connectivity index (χ3n) is 1.61. The van der Waals surface area contributed by atoms with Gasteiger partial charge in [-0.2, -0.15) is 0 Å². The van der Waals surface area contributed by atoms with Crippen molar-refractivity contribution in [1.82, 2.24) is 0 Å². The van der Waals surface area contributed by atoms with Gasteiger partial charge in [-0.25, -0.2) is 8.42 Å². The van der Waals surface area contributed by atoms with E-state index in [2.05, 4.69) is 15.9 Å². The topological polar surface area (TPSA) is 43.4 Å². The van der Waals surface area contributed by atoms with E-state index >= 15 is 0 Å². The summed E-state index contributed by atoms with van der Waals surface area (Å²) in [5, 5.41) is 0. The van der Waals surface area contributed by atoms with Crippen molar-refractivity contribution >= 4 is 35.7 Å². The van der Waals surface area contributed by atoms with Crippen LogP contribution < -0.4 is 4.74 Å². The van der Waals surface area contributed by atoms with Crippen LogP contribution in [-0.2, 0) is 14.8 Å². The van der Waals surface area contributed by atoms with E-state index in [1.165, 1.54) is 7.11 Å². The fourth-order valence-electron chi connectivity index (χ4n) is 1.04. The number of hydrogen-bond acceptors (Lipinski definition) is 3. The fourth-order valence-corrected chi connectivity index (χ4v) is 2.69. The Bertz CT molecular complexity index is 430. The van der Waals surface area contributed by atoms with Gasteiger partial charge in [-0.15, -0.1) is 0 Å². The van der Waals surface area contributed by atoms with Crippen LogP contribution >= 0.6 is 26.6 Å². The largest absolute Gasteiger partial charge is 0.496 e. The summed E-state index contributed by atoms with van der Waals surface area (Å²) < 4.78 is 27.5. The highest BCUT2D eigenvalue weighted by atomic mass is 79.9. The maximum Gasteiger partial charge on any atom is 0.236 e. The number of methoxy groups -OCH3 is 1. The molecule has 0 radical (unpaired) electrons. The Morgan fingerprint density at radius 1 is 1.50 bits per heavy atom. The molecule has 0 bridgehead atoms. The Kier molecular flexibility index (Phi) is 3.80. The minimum Gasteiger partial charge on any atom is -0.496 e. The van der Waals surface area contributed by atoms with Gasteiger partial charge < -0.3 is 4.74 Å². The normalized spacial score (nSPS) is 11.4. The molecule has 0 spiro atoms. The van der Waals surface area contributed by atoms with Crippen molar-refractivity contribution in [3.63, 3.8) is 0 Å². The molecule has 1 aromatic rings. The monoisotopic (exact) mass is 298 g/mol. The molecule has 0 fully saturated rings. The fraction of sp³-hybridized carbons (Fsp3) is 0.250. The highest BCUT2D eigenvalue weighted by molar-refractivity contribution is 9.10. The first-order valence-electron chi connectivity index (χ1n) is 3.68. The van der Waals surface area contributed by atoms with Gasteiger partial charge in [0, 0.05) is 20.7 Å². The average molecular weight is 300 g/mol. The standard InChI is InChI=1S/C8H8BrClO3S/c1-13-8-4-2-3-7(9)6(8)5-14(10,11)12/h2-4H,5H2,1H3. The molecule has 1 rings (SSSR count). The van der Waals surface area contributed by atoms with Crippen molar-refractivity contribution in [1.29, 1.82) is 0 Å². The van der Waals surface area contributed by atoms with E-state index in [0.717, 1.165) is 0 Å². The zero-order valence-corrected chi connectivity index (χ0v) is 10.5. The van der Waals surface area contributed by atoms with E-state index in [-0.39, 0.29) is 5.75 Å². The summed E-state index contributed by atoms with van der Waals surface area (Å²) in [4.78, 5) is 0. The first-order valence-corrected chi connectivity index (χ1v) is 6.95. The summed E-state index contributed by atoms with van der Waals surface area (Å²) in [6, 6.07) is 5.18. The highest BCUT2D eigenvalue weighted by Gasteiger charge is 2.14. The minimum absolute atomic E-state index is 0.251. The van der Waals surface area contributed by atoms with E-state index in [9.17, 15) is 8.42 Å². The minimum atomic E-state index is -3.57. The average Bonchev–Trinajstić information content (AvgIpc) is 2.06. The number of ether oxygens (including phenoxy) is 1. The van der Waals surface area contributed by atoms with Gasteiger partial charge in [-0.3, -0.25) is 0 Å². The highest BCUT2D eigenvalue weighted by Crippen LogP contribution is 2.29. The lowest BCUT2D eigenvalue weighted by molar-refractivity contribution is 0.410. The summed E-state index contributed by atoms with van der Waals surface area (Å²) in [5.41, 5.74) is 0.532. The Labute approximate surface area is 95.6 Å². The third kappa shape index (κ3) is 3.15. The van der Waals surface area contributed by atoms with Gasteiger partial charge in [0.15, 0.2) is 0 Å². The predicted molar refractivity (Wildman–Crippen MR) is 59.2 cm³/mol. The second-order valence-electron chi connectivity index (χ2n) is 2.60. The Hall–Kier alpha value is -0.260. The Morgan fingerprint density at radius 3 is 2.64 bits per heavy atom. The summed E-state index contributed by atoms with van der Waals surface area (Å²) in [6.45, 7) is 0. The number of hydrogen-bond donors (Lipinski definition) is 0. The maximum absolute atomic E-state index is 10.9. The van der Waals surface area contributed by atoms with Crippen molar-refractivity contribution in [3.8, 4) is 5.75 Å². The lowest BCUT2D eigenvalue weighted by Gasteiger charge is -2.08. The molecule has 0 saturated carbocycles. The third-order valence-corrected chi connectivity index (χ3v) is 3.32. The van der Waals surface area contributed by atoms with Crippen LogP contribution in [0.25, 0.3) is 0 Å². The molecule has 0 aliphatic heterocycles. The zero-order chi connectivity index (χ0) is 10.8. The van der Waals surface area contributed by atoms with E-state index in [4.69, 9.17) is 15.4 Å². The summed E-state index contributed by atoms with van der Waals surface area (Å²) in [7, 11) is 3.07. The van der Waals surface area contributed by atoms with Gasteiger partial charge in [-0.05, 0) is 12.1 Å². The van der Waals surface area contributed by atoms with Crippen LogP contribution in [0.4, 0.5) is 0 Å². The molecule has 1 aromatic carbocycles. The van der Waals surface area contributed by atoms with Gasteiger partial charge in [0.2, 0.25) is 9.05 Å². The molecule has 6 heteroatoms. The van der Waals surface area contributed by atoms with Crippen molar-refractivity contribution in [3.05, 3.63) is 28.2 Å². The van der Waals surface area contributed by atoms with Crippen molar-refractivity contribution in [2.24, 2.45) is 0 Å². The molecule has 0 aliphatic rings. The van der Waals surface area contributed by atoms with Crippen molar-refractivity contribution < 1.29 is 13.2 Å². The van der Waals surface area contributed by atoms with Crippen LogP contribution in [0.3, 0.4) is 0 Å². The summed E-state index contributed by atoms with van der Waals surface area (Å²) in [6.07, 6.45) is 0. The Morgan fingerprint density at radius 2 is 2.14 bits per heavy atom. The second kappa shape index (κ2) is 4.51. The van der Waals surface area contributed by atoms with Crippen LogP contribution in [0.5, 0.6) is 5.75 Å². The molecule has 0 aromatic heterocycles. The molecule has 0 atom stereocenters. The molecular weight excluding hydrogens is 292 g/mol. The number of benzene rings is 1. The number of halogens is 2. The smallest absolute Gasteiger partial charge is 0.236 e. The van der Waals surface area contributed by atoms with Crippen LogP contribution in [0.1, 0.15) is 5.56 Å². The molecule has 0 aliphatic carbocycles. The molecular formula is C8H8BrClO3S. The lowest BCUT2D eigenvalue weighted by atomic mass is 10.2. The Balaban J connectivity index is 3.18. The first-order chi connectivity index (χ1) is 6.44. The van der Waals surface area contributed by atoms with Crippen molar-refractivity contribution in [2.45, 2.75) is 5.75 Å². The van der Waals surface area contributed by atoms with E-state index in [0.29, 0.717) is 15.8 Å². The molecule has 0 unspecified atom stereocenters. The maximum atomic E-state index is 10.9. The van der Waals surface area contributed by atoms with Gasteiger partial charge in [0.1, 0.15) is 5.75 Å². The molecule has 0 heterocycles. The van der Waals surface area contributed by atoms with E-state index < -0.39 is 9.05 Å². The van der Waals surface area contributed by atoms with Gasteiger partial charge in [-0.1, -0.05) is 22.0 Å². The quantitative estimate of drug-likeness (QED) is 0.806. The van der Waals surface area contributed by atoms with Crippen molar-refractivity contribution in [2.75, 3.05) is 7.11 Å². The van der Waals surface area contributed by atoms with Crippen LogP contribution in [0, 0.1) is 0 Å². The molecule has 0 saturated heterocycles. The molecule has 0 N–H and O–H groups in total. The molecule has 14 heavy (non-hydrogen) atoms. The summed E-state index contributed by atoms with van der Waals surface area (Å²) >= 11 is 3.24. The second-order valence-corrected chi connectivity index (χ2v) is 6.24. The number of rotatable bonds is 3. The zero-order valence-electron chi connectivity index (χ0n) is 7.33. The van der Waals surface area contributed by atoms with Crippen LogP contribution in [0.2, 0.25) is 0 Å². The van der Waals surface area contributed by atoms with E-state index in [1.807, 2.05) is 0 Å². The molecule has 3 nitrogen and oxygen atoms in total. The summed E-state index contributed by atoms with van der Waals surface area (Å²) in [5.74, 6) is 0.252. The first kappa shape index (κ1) is 11.8. The van der Waals surface area contributed by atoms with Gasteiger partial charge >= 0.3 is 0 Å². The van der Waals surface area contributed by atoms with Crippen LogP contribution in [-0.4, -0.2) is 15.5 Å². The van der Waals surface area contributed by atoms with E-state index in [1.54, 1.807) is 18.2 Å². The molecule has 0 amide bonds. The predicted octanol–water partition coefficient (Wildman–Crippen LogP) is 2.53. The van der Waals surface area contributed by atoms with Gasteiger partial charge in [0.25, 0.3) is 0 Å². The van der Waals surface area contributed by atoms with Crippen LogP contribution in [0.15, 0.2) is 22.7 Å². The lowest BCUT2D eigenvalue weighted by Crippen LogP contribution is -1.99. The van der Waals surface area contributed by atoms with Gasteiger partial charge in [0.05, 0.1) is 12.9 Å². The molecule has 78 valence electrons.